The van der Waals surface area contributed by atoms with Gasteiger partial charge in [0.05, 0.1) is 17.1 Å². The van der Waals surface area contributed by atoms with Crippen LogP contribution in [0.3, 0.4) is 0 Å². The van der Waals surface area contributed by atoms with Gasteiger partial charge in [-0.1, -0.05) is 42.5 Å². The molecule has 3 aliphatic heterocycles. The van der Waals surface area contributed by atoms with Crippen molar-refractivity contribution in [1.82, 2.24) is 20.9 Å². The summed E-state index contributed by atoms with van der Waals surface area (Å²) in [6.45, 7) is 10.8. The molecular weight excluding hydrogens is 560 g/mol. The lowest BCUT2D eigenvalue weighted by molar-refractivity contribution is -0.146. The molecule has 10 nitrogen and oxygen atoms in total. The van der Waals surface area contributed by atoms with Gasteiger partial charge in [-0.3, -0.25) is 19.2 Å². The summed E-state index contributed by atoms with van der Waals surface area (Å²) in [7, 11) is 0. The minimum atomic E-state index is -0.821. The molecule has 2 fully saturated rings. The Labute approximate surface area is 261 Å². The predicted molar refractivity (Wildman–Crippen MR) is 167 cm³/mol. The van der Waals surface area contributed by atoms with Crippen molar-refractivity contribution in [1.29, 1.82) is 0 Å². The van der Waals surface area contributed by atoms with Crippen LogP contribution >= 0.6 is 0 Å². The molecule has 1 aromatic rings. The van der Waals surface area contributed by atoms with Crippen LogP contribution in [0, 0.1) is 11.3 Å². The van der Waals surface area contributed by atoms with Crippen LogP contribution in [0.2, 0.25) is 0 Å². The Bertz CT molecular complexity index is 1190. The number of rotatable bonds is 6. The number of carbonyl (C=O) groups excluding carboxylic acids is 4. The predicted octanol–water partition coefficient (Wildman–Crippen LogP) is 2.90. The molecular formula is C34H50N4O6. The highest BCUT2D eigenvalue weighted by molar-refractivity contribution is 5.91. The molecule has 4 amide bonds. The highest BCUT2D eigenvalue weighted by atomic mass is 16.5. The molecule has 0 saturated carbocycles. The van der Waals surface area contributed by atoms with Gasteiger partial charge in [-0.15, -0.1) is 0 Å². The van der Waals surface area contributed by atoms with E-state index in [2.05, 4.69) is 28.1 Å². The van der Waals surface area contributed by atoms with E-state index >= 15 is 0 Å². The Kier molecular flexibility index (Phi) is 11.2. The molecule has 0 unspecified atom stereocenters. The van der Waals surface area contributed by atoms with Crippen LogP contribution in [0.4, 0.5) is 0 Å². The van der Waals surface area contributed by atoms with Crippen molar-refractivity contribution in [2.75, 3.05) is 26.3 Å². The lowest BCUT2D eigenvalue weighted by atomic mass is 9.75. The minimum Gasteiger partial charge on any atom is -0.381 e. The maximum absolute atomic E-state index is 13.9. The molecule has 3 heterocycles. The normalized spacial score (nSPS) is 26.6. The van der Waals surface area contributed by atoms with E-state index in [9.17, 15) is 19.2 Å². The zero-order valence-corrected chi connectivity index (χ0v) is 26.9. The van der Waals surface area contributed by atoms with Crippen LogP contribution in [0.15, 0.2) is 42.5 Å². The molecule has 242 valence electrons. The molecule has 2 saturated heterocycles. The van der Waals surface area contributed by atoms with Gasteiger partial charge in [0.2, 0.25) is 23.6 Å². The zero-order chi connectivity index (χ0) is 31.9. The maximum atomic E-state index is 13.9. The first kappa shape index (κ1) is 33.6. The first-order valence-corrected chi connectivity index (χ1v) is 16.0. The van der Waals surface area contributed by atoms with E-state index in [1.165, 1.54) is 6.92 Å². The van der Waals surface area contributed by atoms with E-state index in [1.54, 1.807) is 4.90 Å². The molecule has 4 rings (SSSR count). The second-order valence-corrected chi connectivity index (χ2v) is 13.6. The molecule has 0 aromatic heterocycles. The fourth-order valence-corrected chi connectivity index (χ4v) is 6.60. The number of nitrogens with one attached hydrogen (secondary N) is 3. The summed E-state index contributed by atoms with van der Waals surface area (Å²) in [5.41, 5.74) is -0.153. The number of ether oxygens (including phenoxy) is 2. The van der Waals surface area contributed by atoms with Gasteiger partial charge >= 0.3 is 0 Å². The first-order valence-electron chi connectivity index (χ1n) is 16.0. The number of piperidine rings is 1. The summed E-state index contributed by atoms with van der Waals surface area (Å²) < 4.78 is 11.7. The van der Waals surface area contributed by atoms with E-state index in [-0.39, 0.29) is 35.6 Å². The Balaban J connectivity index is 1.57. The third-order valence-corrected chi connectivity index (χ3v) is 8.96. The topological polar surface area (TPSA) is 126 Å². The fraction of sp³-hybridized carbons (Fsp3) is 0.647. The molecule has 1 spiro atoms. The van der Waals surface area contributed by atoms with Crippen molar-refractivity contribution >= 4 is 23.6 Å². The van der Waals surface area contributed by atoms with E-state index in [1.807, 2.05) is 58.0 Å². The van der Waals surface area contributed by atoms with Crippen LogP contribution in [0.1, 0.15) is 72.3 Å². The van der Waals surface area contributed by atoms with Gasteiger partial charge in [0.1, 0.15) is 12.1 Å². The first-order chi connectivity index (χ1) is 20.9. The summed E-state index contributed by atoms with van der Waals surface area (Å²) >= 11 is 0. The smallest absolute Gasteiger partial charge is 0.247 e. The molecule has 5 atom stereocenters. The molecule has 44 heavy (non-hydrogen) atoms. The highest BCUT2D eigenvalue weighted by Gasteiger charge is 2.42. The van der Waals surface area contributed by atoms with Crippen molar-refractivity contribution < 1.29 is 28.7 Å². The van der Waals surface area contributed by atoms with E-state index in [0.29, 0.717) is 64.8 Å². The van der Waals surface area contributed by atoms with E-state index in [4.69, 9.17) is 9.47 Å². The molecule has 3 aliphatic rings. The summed E-state index contributed by atoms with van der Waals surface area (Å²) in [6.07, 6.45) is 6.97. The van der Waals surface area contributed by atoms with Crippen molar-refractivity contribution in [3.8, 4) is 0 Å². The van der Waals surface area contributed by atoms with Crippen LogP contribution in [0.25, 0.3) is 0 Å². The number of nitrogens with zero attached hydrogens (tertiary/aromatic N) is 1. The van der Waals surface area contributed by atoms with Crippen molar-refractivity contribution in [3.05, 3.63) is 48.0 Å². The van der Waals surface area contributed by atoms with Gasteiger partial charge in [-0.05, 0) is 65.4 Å². The third kappa shape index (κ3) is 8.91. The van der Waals surface area contributed by atoms with Crippen molar-refractivity contribution in [3.63, 3.8) is 0 Å². The number of amides is 4. The molecule has 10 heteroatoms. The minimum absolute atomic E-state index is 0.0390. The Hall–Kier alpha value is -3.24. The van der Waals surface area contributed by atoms with Crippen molar-refractivity contribution in [2.45, 2.75) is 103 Å². The van der Waals surface area contributed by atoms with Gasteiger partial charge in [0, 0.05) is 51.6 Å². The number of benzene rings is 1. The van der Waals surface area contributed by atoms with Gasteiger partial charge in [-0.25, -0.2) is 0 Å². The number of fused-ring (bicyclic) bond motifs is 1. The van der Waals surface area contributed by atoms with Gasteiger partial charge in [-0.2, -0.15) is 0 Å². The van der Waals surface area contributed by atoms with Gasteiger partial charge in [0.15, 0.2) is 0 Å². The number of carbonyl (C=O) groups is 4. The monoisotopic (exact) mass is 610 g/mol. The summed E-state index contributed by atoms with van der Waals surface area (Å²) in [4.78, 5) is 55.3. The van der Waals surface area contributed by atoms with Crippen LogP contribution in [-0.2, 0) is 35.1 Å². The molecule has 1 aromatic carbocycles. The highest BCUT2D eigenvalue weighted by Crippen LogP contribution is 2.36. The average molecular weight is 611 g/mol. The second kappa shape index (κ2) is 14.7. The number of hydrogen-bond acceptors (Lipinski definition) is 6. The van der Waals surface area contributed by atoms with Crippen molar-refractivity contribution in [2.24, 2.45) is 11.3 Å². The zero-order valence-electron chi connectivity index (χ0n) is 26.9. The van der Waals surface area contributed by atoms with E-state index < -0.39 is 29.2 Å². The van der Waals surface area contributed by atoms with Crippen LogP contribution < -0.4 is 16.0 Å². The summed E-state index contributed by atoms with van der Waals surface area (Å²) in [5, 5.41) is 9.18. The standard InChI is InChI=1S/C34H50N4O6/c1-23(44-33(3,4)5)29(35-24(2)39)31(41)38-18-14-27-26(22-38)13-9-10-15-34(16-19-43-20-17-34)32(42)37-28(30(40)36-27)21-25-11-7-6-8-12-25/h6-12,23,26-29H,13-22H2,1-5H3,(H,35,39)(H,36,40)(H,37,42)/b10-9+/t23-,26+,27-,28+,29+/m1/s1. The molecule has 0 radical (unpaired) electrons. The average Bonchev–Trinajstić information content (AvgIpc) is 2.97. The molecule has 3 N–H and O–H groups in total. The Morgan fingerprint density at radius 1 is 1.11 bits per heavy atom. The number of likely N-dealkylation sites (tertiary alicyclic amines) is 1. The number of allylic oxidation sites excluding steroid dienone is 2. The van der Waals surface area contributed by atoms with Crippen LogP contribution in [-0.4, -0.2) is 84.7 Å². The second-order valence-electron chi connectivity index (χ2n) is 13.6. The summed E-state index contributed by atoms with van der Waals surface area (Å²) in [5.74, 6) is -0.839. The largest absolute Gasteiger partial charge is 0.381 e. The molecule has 0 aliphatic carbocycles. The van der Waals surface area contributed by atoms with Gasteiger partial charge < -0.3 is 30.3 Å². The lowest BCUT2D eigenvalue weighted by Gasteiger charge is -2.42. The quantitative estimate of drug-likeness (QED) is 0.426. The van der Waals surface area contributed by atoms with Crippen LogP contribution in [0.5, 0.6) is 0 Å². The number of hydrogen-bond donors (Lipinski definition) is 3. The van der Waals surface area contributed by atoms with E-state index in [0.717, 1.165) is 5.56 Å². The third-order valence-electron chi connectivity index (χ3n) is 8.96. The fourth-order valence-electron chi connectivity index (χ4n) is 6.60. The maximum Gasteiger partial charge on any atom is 0.247 e. The Morgan fingerprint density at radius 2 is 1.82 bits per heavy atom. The lowest BCUT2D eigenvalue weighted by Crippen LogP contribution is -2.61. The molecule has 0 bridgehead atoms. The summed E-state index contributed by atoms with van der Waals surface area (Å²) in [6, 6.07) is 7.99. The Morgan fingerprint density at radius 3 is 2.48 bits per heavy atom. The van der Waals surface area contributed by atoms with Gasteiger partial charge in [0.25, 0.3) is 0 Å². The SMILES string of the molecule is CC(=O)N[C@H](C(=O)N1CC[C@H]2NC(=O)[C@H](Cc3ccccc3)NC(=O)C3(C/C=C/C[C@H]2C1)CCOCC3)[C@@H](C)OC(C)(C)C.